The Kier molecular flexibility index (Phi) is 3.28. The average Bonchev–Trinajstić information content (AvgIpc) is 2.39. The molecule has 0 atom stereocenters. The van der Waals surface area contributed by atoms with E-state index in [1.165, 1.54) is 25.3 Å². The fourth-order valence-corrected chi connectivity index (χ4v) is 1.67. The number of nitrogens with zero attached hydrogens (tertiary/aromatic N) is 2. The van der Waals surface area contributed by atoms with E-state index in [4.69, 9.17) is 10.5 Å². The highest BCUT2D eigenvalue weighted by Crippen LogP contribution is 2.35. The summed E-state index contributed by atoms with van der Waals surface area (Å²) >= 11 is 0. The fraction of sp³-hybridized carbons (Fsp3) is 0.0833. The van der Waals surface area contributed by atoms with E-state index < -0.39 is 10.7 Å². The number of hydrogen-bond donors (Lipinski definition) is 1. The van der Waals surface area contributed by atoms with Crippen LogP contribution < -0.4 is 10.5 Å². The molecule has 19 heavy (non-hydrogen) atoms. The van der Waals surface area contributed by atoms with Crippen molar-refractivity contribution in [2.45, 2.75) is 0 Å². The third-order valence-electron chi connectivity index (χ3n) is 2.55. The van der Waals surface area contributed by atoms with E-state index in [1.807, 2.05) is 0 Å². The number of methoxy groups -OCH3 is 1. The van der Waals surface area contributed by atoms with E-state index >= 15 is 0 Å². The highest BCUT2D eigenvalue weighted by atomic mass is 19.1. The first-order valence-electron chi connectivity index (χ1n) is 5.28. The first-order chi connectivity index (χ1) is 9.04. The summed E-state index contributed by atoms with van der Waals surface area (Å²) in [5.41, 5.74) is 5.41. The molecule has 2 aromatic rings. The van der Waals surface area contributed by atoms with Gasteiger partial charge in [0, 0.05) is 11.6 Å². The summed E-state index contributed by atoms with van der Waals surface area (Å²) in [6, 6.07) is 7.01. The van der Waals surface area contributed by atoms with E-state index in [-0.39, 0.29) is 28.5 Å². The SMILES string of the molecule is COc1nc(N)c([N+](=O)[O-])cc1-c1ccccc1F. The minimum Gasteiger partial charge on any atom is -0.480 e. The maximum Gasteiger partial charge on any atom is 0.312 e. The van der Waals surface area contributed by atoms with Crippen LogP contribution in [0.1, 0.15) is 0 Å². The van der Waals surface area contributed by atoms with Crippen LogP contribution in [-0.2, 0) is 0 Å². The molecule has 0 aliphatic carbocycles. The Hall–Kier alpha value is -2.70. The Morgan fingerprint density at radius 2 is 2.05 bits per heavy atom. The molecule has 0 saturated carbocycles. The van der Waals surface area contributed by atoms with Crippen molar-refractivity contribution in [1.29, 1.82) is 0 Å². The van der Waals surface area contributed by atoms with E-state index in [1.54, 1.807) is 6.07 Å². The fourth-order valence-electron chi connectivity index (χ4n) is 1.67. The molecule has 0 aliphatic heterocycles. The van der Waals surface area contributed by atoms with Crippen LogP contribution >= 0.6 is 0 Å². The number of nitrogens with two attached hydrogens (primary N) is 1. The molecule has 2 N–H and O–H groups in total. The van der Waals surface area contributed by atoms with E-state index in [0.717, 1.165) is 6.07 Å². The van der Waals surface area contributed by atoms with Crippen LogP contribution in [-0.4, -0.2) is 17.0 Å². The van der Waals surface area contributed by atoms with Gasteiger partial charge in [0.05, 0.1) is 17.6 Å². The van der Waals surface area contributed by atoms with Gasteiger partial charge in [-0.3, -0.25) is 10.1 Å². The third kappa shape index (κ3) is 2.30. The summed E-state index contributed by atoms with van der Waals surface area (Å²) in [6.07, 6.45) is 0. The van der Waals surface area contributed by atoms with Crippen molar-refractivity contribution in [3.05, 3.63) is 46.3 Å². The molecular weight excluding hydrogens is 253 g/mol. The summed E-state index contributed by atoms with van der Waals surface area (Å²) in [7, 11) is 1.33. The van der Waals surface area contributed by atoms with Gasteiger partial charge in [0.15, 0.2) is 0 Å². The largest absolute Gasteiger partial charge is 0.480 e. The van der Waals surface area contributed by atoms with Crippen LogP contribution in [0, 0.1) is 15.9 Å². The second-order valence-electron chi connectivity index (χ2n) is 3.69. The van der Waals surface area contributed by atoms with E-state index in [9.17, 15) is 14.5 Å². The van der Waals surface area contributed by atoms with Crippen molar-refractivity contribution >= 4 is 11.5 Å². The van der Waals surface area contributed by atoms with Crippen molar-refractivity contribution in [2.24, 2.45) is 0 Å². The molecule has 0 amide bonds. The summed E-state index contributed by atoms with van der Waals surface area (Å²) in [4.78, 5) is 13.9. The highest BCUT2D eigenvalue weighted by molar-refractivity contribution is 5.74. The van der Waals surface area contributed by atoms with Crippen LogP contribution in [0.25, 0.3) is 11.1 Å². The lowest BCUT2D eigenvalue weighted by Crippen LogP contribution is -2.02. The highest BCUT2D eigenvalue weighted by Gasteiger charge is 2.20. The second kappa shape index (κ2) is 4.89. The van der Waals surface area contributed by atoms with Crippen molar-refractivity contribution in [3.8, 4) is 17.0 Å². The standard InChI is InChI=1S/C12H10FN3O3/c1-19-12-8(7-4-2-3-5-9(7)13)6-10(16(17)18)11(14)15-12/h2-6H,1H3,(H2,14,15). The number of hydrogen-bond acceptors (Lipinski definition) is 5. The Labute approximate surface area is 107 Å². The van der Waals surface area contributed by atoms with Gasteiger partial charge in [-0.1, -0.05) is 18.2 Å². The molecule has 0 saturated heterocycles. The van der Waals surface area contributed by atoms with Crippen molar-refractivity contribution in [3.63, 3.8) is 0 Å². The number of nitro groups is 1. The molecular formula is C12H10FN3O3. The molecule has 0 aliphatic rings. The number of aromatic nitrogens is 1. The van der Waals surface area contributed by atoms with Gasteiger partial charge in [-0.2, -0.15) is 4.98 Å². The zero-order chi connectivity index (χ0) is 14.0. The maximum absolute atomic E-state index is 13.7. The lowest BCUT2D eigenvalue weighted by atomic mass is 10.1. The van der Waals surface area contributed by atoms with Gasteiger partial charge in [-0.25, -0.2) is 4.39 Å². The Balaban J connectivity index is 2.71. The normalized spacial score (nSPS) is 10.2. The predicted octanol–water partition coefficient (Wildman–Crippen LogP) is 2.39. The Morgan fingerprint density at radius 3 is 2.63 bits per heavy atom. The molecule has 1 aromatic carbocycles. The first-order valence-corrected chi connectivity index (χ1v) is 5.28. The van der Waals surface area contributed by atoms with Gasteiger partial charge in [0.1, 0.15) is 5.82 Å². The number of benzene rings is 1. The van der Waals surface area contributed by atoms with Crippen LogP contribution in [0.3, 0.4) is 0 Å². The number of nitrogen functional groups attached to an aromatic ring is 1. The topological polar surface area (TPSA) is 91.3 Å². The summed E-state index contributed by atoms with van der Waals surface area (Å²) in [6.45, 7) is 0. The zero-order valence-corrected chi connectivity index (χ0v) is 9.96. The molecule has 1 aromatic heterocycles. The monoisotopic (exact) mass is 263 g/mol. The first kappa shape index (κ1) is 12.7. The van der Waals surface area contributed by atoms with Gasteiger partial charge in [0.2, 0.25) is 11.7 Å². The maximum atomic E-state index is 13.7. The van der Waals surface area contributed by atoms with Gasteiger partial charge >= 0.3 is 5.69 Å². The molecule has 0 unspecified atom stereocenters. The van der Waals surface area contributed by atoms with Crippen LogP contribution in [0.4, 0.5) is 15.9 Å². The lowest BCUT2D eigenvalue weighted by Gasteiger charge is -2.09. The van der Waals surface area contributed by atoms with E-state index in [2.05, 4.69) is 4.98 Å². The molecule has 0 radical (unpaired) electrons. The molecule has 98 valence electrons. The summed E-state index contributed by atoms with van der Waals surface area (Å²) in [5.74, 6) is -0.767. The minimum absolute atomic E-state index is 0.0354. The number of anilines is 1. The van der Waals surface area contributed by atoms with Crippen molar-refractivity contribution < 1.29 is 14.1 Å². The number of halogens is 1. The van der Waals surface area contributed by atoms with Crippen LogP contribution in [0.15, 0.2) is 30.3 Å². The molecule has 7 heteroatoms. The molecule has 2 rings (SSSR count). The number of ether oxygens (including phenoxy) is 1. The molecule has 1 heterocycles. The average molecular weight is 263 g/mol. The van der Waals surface area contributed by atoms with Gasteiger partial charge < -0.3 is 10.5 Å². The van der Waals surface area contributed by atoms with Crippen molar-refractivity contribution in [2.75, 3.05) is 12.8 Å². The molecule has 0 fully saturated rings. The summed E-state index contributed by atoms with van der Waals surface area (Å²) < 4.78 is 18.7. The van der Waals surface area contributed by atoms with Gasteiger partial charge in [-0.05, 0) is 6.07 Å². The molecule has 0 bridgehead atoms. The summed E-state index contributed by atoms with van der Waals surface area (Å²) in [5, 5.41) is 10.8. The number of rotatable bonds is 3. The zero-order valence-electron chi connectivity index (χ0n) is 9.96. The Bertz CT molecular complexity index is 646. The van der Waals surface area contributed by atoms with E-state index in [0.29, 0.717) is 0 Å². The molecule has 6 nitrogen and oxygen atoms in total. The Morgan fingerprint density at radius 1 is 1.37 bits per heavy atom. The quantitative estimate of drug-likeness (QED) is 0.678. The van der Waals surface area contributed by atoms with Crippen LogP contribution in [0.2, 0.25) is 0 Å². The number of pyridine rings is 1. The minimum atomic E-state index is -0.674. The predicted molar refractivity (Wildman–Crippen MR) is 67.2 cm³/mol. The van der Waals surface area contributed by atoms with Gasteiger partial charge in [-0.15, -0.1) is 0 Å². The van der Waals surface area contributed by atoms with Crippen molar-refractivity contribution in [1.82, 2.24) is 4.98 Å². The van der Waals surface area contributed by atoms with Gasteiger partial charge in [0.25, 0.3) is 0 Å². The second-order valence-corrected chi connectivity index (χ2v) is 3.69. The third-order valence-corrected chi connectivity index (χ3v) is 2.55. The lowest BCUT2D eigenvalue weighted by molar-refractivity contribution is -0.384. The van der Waals surface area contributed by atoms with Crippen LogP contribution in [0.5, 0.6) is 5.88 Å². The smallest absolute Gasteiger partial charge is 0.312 e. The molecule has 0 spiro atoms.